The van der Waals surface area contributed by atoms with Crippen LogP contribution >= 0.6 is 0 Å². The first-order valence-corrected chi connectivity index (χ1v) is 21.8. The fourth-order valence-corrected chi connectivity index (χ4v) is 11.9. The Morgan fingerprint density at radius 2 is 1.42 bits per heavy atom. The SMILES string of the molecule is CCCCCCCCCCCCCCNC(=O)CC[C@@H](C)[C@H]1CC[C@H]2[C@@H]3[C@@H](O)C[C@@H]4C[C@H](OC(=O)CCCN(C)C)CC[C@]4(C)[C@H]3CC[C@]12C. The highest BCUT2D eigenvalue weighted by Crippen LogP contribution is 2.68. The molecule has 0 aromatic rings. The number of hydrogen-bond acceptors (Lipinski definition) is 5. The minimum Gasteiger partial charge on any atom is -0.462 e. The van der Waals surface area contributed by atoms with E-state index in [2.05, 4.69) is 37.9 Å². The van der Waals surface area contributed by atoms with E-state index >= 15 is 0 Å². The number of aliphatic hydroxyl groups excluding tert-OH is 1. The Labute approximate surface area is 308 Å². The smallest absolute Gasteiger partial charge is 0.306 e. The molecule has 0 aliphatic heterocycles. The second-order valence-corrected chi connectivity index (χ2v) is 18.6. The maximum atomic E-state index is 12.8. The van der Waals surface area contributed by atoms with Crippen LogP contribution in [0.4, 0.5) is 0 Å². The van der Waals surface area contributed by atoms with Gasteiger partial charge in [0.25, 0.3) is 0 Å². The van der Waals surface area contributed by atoms with Gasteiger partial charge >= 0.3 is 5.97 Å². The van der Waals surface area contributed by atoms with E-state index in [1.165, 1.54) is 96.3 Å². The molecule has 290 valence electrons. The Morgan fingerprint density at radius 1 is 0.800 bits per heavy atom. The first kappa shape index (κ1) is 41.6. The molecule has 4 rings (SSSR count). The highest BCUT2D eigenvalue weighted by atomic mass is 16.5. The van der Waals surface area contributed by atoms with Crippen molar-refractivity contribution in [3.05, 3.63) is 0 Å². The van der Waals surface area contributed by atoms with Gasteiger partial charge in [0.1, 0.15) is 6.10 Å². The number of fused-ring (bicyclic) bond motifs is 5. The maximum absolute atomic E-state index is 12.8. The highest BCUT2D eigenvalue weighted by molar-refractivity contribution is 5.75. The summed E-state index contributed by atoms with van der Waals surface area (Å²) in [6.07, 6.45) is 27.6. The van der Waals surface area contributed by atoms with Crippen molar-refractivity contribution >= 4 is 11.9 Å². The zero-order chi connectivity index (χ0) is 36.1. The Balaban J connectivity index is 1.15. The second-order valence-electron chi connectivity index (χ2n) is 18.6. The van der Waals surface area contributed by atoms with E-state index in [1.807, 2.05) is 14.1 Å². The molecule has 0 unspecified atom stereocenters. The first-order valence-electron chi connectivity index (χ1n) is 21.8. The molecule has 4 saturated carbocycles. The molecule has 6 heteroatoms. The molecule has 0 bridgehead atoms. The maximum Gasteiger partial charge on any atom is 0.306 e. The number of nitrogens with one attached hydrogen (secondary N) is 1. The van der Waals surface area contributed by atoms with Crippen LogP contribution in [0.15, 0.2) is 0 Å². The van der Waals surface area contributed by atoms with Crippen molar-refractivity contribution in [1.82, 2.24) is 10.2 Å². The molecule has 4 aliphatic carbocycles. The average Bonchev–Trinajstić information content (AvgIpc) is 3.43. The van der Waals surface area contributed by atoms with Crippen molar-refractivity contribution in [1.29, 1.82) is 0 Å². The van der Waals surface area contributed by atoms with Gasteiger partial charge in [0.15, 0.2) is 0 Å². The lowest BCUT2D eigenvalue weighted by atomic mass is 9.43. The van der Waals surface area contributed by atoms with Gasteiger partial charge < -0.3 is 20.1 Å². The van der Waals surface area contributed by atoms with Gasteiger partial charge in [-0.25, -0.2) is 0 Å². The van der Waals surface area contributed by atoms with Crippen LogP contribution in [0.3, 0.4) is 0 Å². The predicted octanol–water partition coefficient (Wildman–Crippen LogP) is 10.1. The summed E-state index contributed by atoms with van der Waals surface area (Å²) in [6.45, 7) is 11.5. The Morgan fingerprint density at radius 3 is 2.08 bits per heavy atom. The quantitative estimate of drug-likeness (QED) is 0.0868. The van der Waals surface area contributed by atoms with Crippen LogP contribution in [0.5, 0.6) is 0 Å². The largest absolute Gasteiger partial charge is 0.462 e. The van der Waals surface area contributed by atoms with E-state index in [0.717, 1.165) is 58.0 Å². The van der Waals surface area contributed by atoms with Crippen LogP contribution < -0.4 is 5.32 Å². The number of esters is 1. The Bertz CT molecular complexity index is 1020. The van der Waals surface area contributed by atoms with Gasteiger partial charge in [0.2, 0.25) is 5.91 Å². The summed E-state index contributed by atoms with van der Waals surface area (Å²) in [5, 5.41) is 15.0. The normalized spacial score (nSPS) is 34.1. The van der Waals surface area contributed by atoms with Crippen molar-refractivity contribution in [2.75, 3.05) is 27.2 Å². The van der Waals surface area contributed by atoms with Crippen molar-refractivity contribution in [2.45, 2.75) is 194 Å². The molecule has 0 saturated heterocycles. The van der Waals surface area contributed by atoms with E-state index in [4.69, 9.17) is 4.74 Å². The molecule has 0 heterocycles. The Kier molecular flexibility index (Phi) is 16.9. The summed E-state index contributed by atoms with van der Waals surface area (Å²) >= 11 is 0. The van der Waals surface area contributed by atoms with Crippen molar-refractivity contribution < 1.29 is 19.4 Å². The zero-order valence-electron chi connectivity index (χ0n) is 33.6. The summed E-state index contributed by atoms with van der Waals surface area (Å²) in [5.41, 5.74) is 0.490. The van der Waals surface area contributed by atoms with Crippen LogP contribution in [0, 0.1) is 46.3 Å². The summed E-state index contributed by atoms with van der Waals surface area (Å²) in [6, 6.07) is 0. The number of aliphatic hydroxyl groups is 1. The summed E-state index contributed by atoms with van der Waals surface area (Å²) < 4.78 is 6.00. The van der Waals surface area contributed by atoms with Crippen molar-refractivity contribution in [3.63, 3.8) is 0 Å². The molecule has 2 N–H and O–H groups in total. The topological polar surface area (TPSA) is 78.9 Å². The van der Waals surface area contributed by atoms with E-state index in [0.29, 0.717) is 48.3 Å². The van der Waals surface area contributed by atoms with Gasteiger partial charge in [-0.3, -0.25) is 9.59 Å². The zero-order valence-corrected chi connectivity index (χ0v) is 33.6. The monoisotopic (exact) mass is 701 g/mol. The number of hydrogen-bond donors (Lipinski definition) is 2. The molecule has 4 fully saturated rings. The third-order valence-electron chi connectivity index (χ3n) is 14.9. The lowest BCUT2D eigenvalue weighted by Gasteiger charge is -2.62. The number of unbranched alkanes of at least 4 members (excludes halogenated alkanes) is 11. The molecule has 0 aromatic heterocycles. The molecule has 4 aliphatic rings. The number of nitrogens with zero attached hydrogens (tertiary/aromatic N) is 1. The lowest BCUT2D eigenvalue weighted by molar-refractivity contribution is -0.183. The number of ether oxygens (including phenoxy) is 1. The van der Waals surface area contributed by atoms with Crippen LogP contribution in [0.2, 0.25) is 0 Å². The molecular formula is C44H80N2O4. The van der Waals surface area contributed by atoms with Gasteiger partial charge in [-0.15, -0.1) is 0 Å². The molecule has 0 spiro atoms. The molecule has 6 nitrogen and oxygen atoms in total. The third kappa shape index (κ3) is 11.2. The summed E-state index contributed by atoms with van der Waals surface area (Å²) in [4.78, 5) is 27.5. The molecular weight excluding hydrogens is 620 g/mol. The van der Waals surface area contributed by atoms with Gasteiger partial charge in [0, 0.05) is 19.4 Å². The minimum absolute atomic E-state index is 0.0102. The Hall–Kier alpha value is -1.14. The second kappa shape index (κ2) is 20.4. The lowest BCUT2D eigenvalue weighted by Crippen LogP contribution is -2.58. The molecule has 10 atom stereocenters. The number of amides is 1. The van der Waals surface area contributed by atoms with Gasteiger partial charge in [-0.2, -0.15) is 0 Å². The van der Waals surface area contributed by atoms with Crippen LogP contribution in [-0.2, 0) is 14.3 Å². The standard InChI is InChI=1S/C44H80N2O4/c1-7-8-9-10-11-12-13-14-15-16-17-18-29-45-40(48)24-21-33(2)36-22-23-37-42-38(26-28-44(36,37)4)43(3)27-25-35(31-34(43)32-39(42)47)50-41(49)20-19-30-46(5)6/h33-39,42,47H,7-32H2,1-6H3,(H,45,48)/t33-,34+,35-,36-,37+,38+,39+,42+,43+,44-/m1/s1. The van der Waals surface area contributed by atoms with E-state index in [9.17, 15) is 14.7 Å². The minimum atomic E-state index is -0.252. The number of carbonyl (C=O) groups is 2. The van der Waals surface area contributed by atoms with Crippen molar-refractivity contribution in [2.24, 2.45) is 46.3 Å². The van der Waals surface area contributed by atoms with Gasteiger partial charge in [0.05, 0.1) is 6.10 Å². The van der Waals surface area contributed by atoms with Gasteiger partial charge in [-0.05, 0) is 138 Å². The highest BCUT2D eigenvalue weighted by Gasteiger charge is 2.63. The molecule has 0 aromatic carbocycles. The van der Waals surface area contributed by atoms with Crippen LogP contribution in [-0.4, -0.2) is 61.3 Å². The van der Waals surface area contributed by atoms with Gasteiger partial charge in [-0.1, -0.05) is 98.3 Å². The predicted molar refractivity (Wildman–Crippen MR) is 207 cm³/mol. The summed E-state index contributed by atoms with van der Waals surface area (Å²) in [5.74, 6) is 3.31. The first-order chi connectivity index (χ1) is 24.0. The number of carbonyl (C=O) groups excluding carboxylic acids is 2. The van der Waals surface area contributed by atoms with E-state index in [1.54, 1.807) is 0 Å². The number of rotatable bonds is 22. The average molecular weight is 701 g/mol. The van der Waals surface area contributed by atoms with Crippen LogP contribution in [0.1, 0.15) is 182 Å². The van der Waals surface area contributed by atoms with Crippen molar-refractivity contribution in [3.8, 4) is 0 Å². The molecule has 50 heavy (non-hydrogen) atoms. The third-order valence-corrected chi connectivity index (χ3v) is 14.9. The van der Waals surface area contributed by atoms with E-state index in [-0.39, 0.29) is 34.9 Å². The molecule has 1 amide bonds. The fraction of sp³-hybridized carbons (Fsp3) is 0.955. The summed E-state index contributed by atoms with van der Waals surface area (Å²) in [7, 11) is 4.08. The molecule has 0 radical (unpaired) electrons. The fourth-order valence-electron chi connectivity index (χ4n) is 11.9. The van der Waals surface area contributed by atoms with E-state index < -0.39 is 0 Å². The van der Waals surface area contributed by atoms with Crippen LogP contribution in [0.25, 0.3) is 0 Å².